The van der Waals surface area contributed by atoms with Crippen molar-refractivity contribution in [1.29, 1.82) is 0 Å². The fraction of sp³-hybridized carbons (Fsp3) is 0.556. The van der Waals surface area contributed by atoms with Gasteiger partial charge in [-0.05, 0) is 37.0 Å². The lowest BCUT2D eigenvalue weighted by molar-refractivity contribution is -0.138. The van der Waals surface area contributed by atoms with Crippen molar-refractivity contribution in [1.82, 2.24) is 4.90 Å². The molecule has 1 aromatic rings. The second-order valence-corrected chi connectivity index (χ2v) is 6.57. The second-order valence-electron chi connectivity index (χ2n) is 6.57. The van der Waals surface area contributed by atoms with Crippen LogP contribution in [0.15, 0.2) is 29.3 Å². The van der Waals surface area contributed by atoms with Crippen LogP contribution in [-0.2, 0) is 11.2 Å². The molecule has 0 bridgehead atoms. The summed E-state index contributed by atoms with van der Waals surface area (Å²) in [4.78, 5) is 18.7. The van der Waals surface area contributed by atoms with E-state index in [0.29, 0.717) is 12.5 Å². The molecule has 0 spiro atoms. The lowest BCUT2D eigenvalue weighted by atomic mass is 9.85. The van der Waals surface area contributed by atoms with Crippen LogP contribution in [0.25, 0.3) is 0 Å². The number of benzene rings is 1. The Morgan fingerprint density at radius 3 is 2.58 bits per heavy atom. The van der Waals surface area contributed by atoms with Gasteiger partial charge in [0.2, 0.25) is 5.91 Å². The minimum absolute atomic E-state index is 0. The Hall–Kier alpha value is -1.31. The first-order chi connectivity index (χ1) is 11.0. The van der Waals surface area contributed by atoms with Crippen LogP contribution in [0.5, 0.6) is 0 Å². The van der Waals surface area contributed by atoms with Gasteiger partial charge in [0.15, 0.2) is 5.96 Å². The zero-order valence-electron chi connectivity index (χ0n) is 14.8. The maximum atomic E-state index is 12.5. The molecule has 1 fully saturated rings. The lowest BCUT2D eigenvalue weighted by Gasteiger charge is -2.29. The Morgan fingerprint density at radius 2 is 2.00 bits per heavy atom. The minimum Gasteiger partial charge on any atom is -0.370 e. The van der Waals surface area contributed by atoms with E-state index in [1.54, 1.807) is 4.90 Å². The highest BCUT2D eigenvalue weighted by atomic mass is 127. The average Bonchev–Trinajstić information content (AvgIpc) is 3.02. The van der Waals surface area contributed by atoms with Gasteiger partial charge < -0.3 is 16.0 Å². The number of nitrogens with zero attached hydrogens (tertiary/aromatic N) is 2. The normalized spacial score (nSPS) is 16.4. The van der Waals surface area contributed by atoms with Crippen LogP contribution in [0.2, 0.25) is 0 Å². The number of aryl methyl sites for hydroxylation is 1. The Kier molecular flexibility index (Phi) is 7.99. The molecule has 0 radical (unpaired) electrons. The number of carbonyl (C=O) groups excluding carboxylic acids is 1. The number of hydrogen-bond acceptors (Lipinski definition) is 2. The lowest BCUT2D eigenvalue weighted by Crippen LogP contribution is -2.41. The Labute approximate surface area is 162 Å². The predicted octanol–water partition coefficient (Wildman–Crippen LogP) is 3.24. The van der Waals surface area contributed by atoms with Crippen LogP contribution in [0.1, 0.15) is 38.2 Å². The third-order valence-electron chi connectivity index (χ3n) is 4.58. The van der Waals surface area contributed by atoms with E-state index in [-0.39, 0.29) is 35.3 Å². The van der Waals surface area contributed by atoms with Crippen molar-refractivity contribution in [2.24, 2.45) is 16.1 Å². The highest BCUT2D eigenvalue weighted by molar-refractivity contribution is 14.0. The second kappa shape index (κ2) is 9.25. The van der Waals surface area contributed by atoms with Crippen LogP contribution in [0.3, 0.4) is 0 Å². The van der Waals surface area contributed by atoms with Crippen molar-refractivity contribution in [3.8, 4) is 0 Å². The highest BCUT2D eigenvalue weighted by Gasteiger charge is 2.41. The predicted molar refractivity (Wildman–Crippen MR) is 111 cm³/mol. The van der Waals surface area contributed by atoms with Crippen molar-refractivity contribution in [3.63, 3.8) is 0 Å². The number of carbonyl (C=O) groups is 1. The van der Waals surface area contributed by atoms with Gasteiger partial charge in [-0.1, -0.05) is 31.9 Å². The van der Waals surface area contributed by atoms with Gasteiger partial charge in [0.1, 0.15) is 0 Å². The number of nitrogens with one attached hydrogen (secondary N) is 1. The van der Waals surface area contributed by atoms with E-state index in [4.69, 9.17) is 5.73 Å². The van der Waals surface area contributed by atoms with Crippen molar-refractivity contribution in [2.75, 3.05) is 26.0 Å². The molecule has 1 aliphatic carbocycles. The highest BCUT2D eigenvalue weighted by Crippen LogP contribution is 2.39. The standard InChI is InChI=1S/C18H28N4O.HI/c1-4-14-8-7-9-15(12-14)21-17(19)20-13-18(10-5-6-11-18)16(23)22(2)3;/h7-9,12H,4-6,10-11,13H2,1-3H3,(H3,19,20,21);1H. The first-order valence-corrected chi connectivity index (χ1v) is 8.34. The number of halogens is 1. The summed E-state index contributed by atoms with van der Waals surface area (Å²) in [6.45, 7) is 2.57. The molecule has 2 rings (SSSR count). The van der Waals surface area contributed by atoms with E-state index < -0.39 is 0 Å². The zero-order valence-corrected chi connectivity index (χ0v) is 17.2. The van der Waals surface area contributed by atoms with Gasteiger partial charge >= 0.3 is 0 Å². The molecule has 134 valence electrons. The van der Waals surface area contributed by atoms with E-state index in [1.807, 2.05) is 26.2 Å². The van der Waals surface area contributed by atoms with E-state index in [2.05, 4.69) is 29.4 Å². The van der Waals surface area contributed by atoms with Gasteiger partial charge in [-0.25, -0.2) is 0 Å². The molecule has 0 aliphatic heterocycles. The summed E-state index contributed by atoms with van der Waals surface area (Å²) in [5.41, 5.74) is 7.83. The molecule has 6 heteroatoms. The molecule has 1 aliphatic rings. The smallest absolute Gasteiger partial charge is 0.230 e. The minimum atomic E-state index is -0.374. The van der Waals surface area contributed by atoms with Gasteiger partial charge in [0.25, 0.3) is 0 Å². The van der Waals surface area contributed by atoms with Crippen molar-refractivity contribution in [3.05, 3.63) is 29.8 Å². The molecule has 0 unspecified atom stereocenters. The summed E-state index contributed by atoms with van der Waals surface area (Å²) < 4.78 is 0. The summed E-state index contributed by atoms with van der Waals surface area (Å²) in [6.07, 6.45) is 4.94. The quantitative estimate of drug-likeness (QED) is 0.416. The molecule has 3 N–H and O–H groups in total. The number of rotatable bonds is 5. The molecule has 0 atom stereocenters. The molecular formula is C18H29IN4O. The van der Waals surface area contributed by atoms with E-state index in [0.717, 1.165) is 37.8 Å². The monoisotopic (exact) mass is 444 g/mol. The Morgan fingerprint density at radius 1 is 1.33 bits per heavy atom. The molecular weight excluding hydrogens is 415 g/mol. The number of hydrogen-bond donors (Lipinski definition) is 2. The molecule has 24 heavy (non-hydrogen) atoms. The summed E-state index contributed by atoms with van der Waals surface area (Å²) >= 11 is 0. The first kappa shape index (κ1) is 20.7. The number of anilines is 1. The van der Waals surface area contributed by atoms with Gasteiger partial charge in [-0.3, -0.25) is 9.79 Å². The molecule has 1 amide bonds. The third kappa shape index (κ3) is 5.09. The number of guanidine groups is 1. The van der Waals surface area contributed by atoms with E-state index in [9.17, 15) is 4.79 Å². The summed E-state index contributed by atoms with van der Waals surface area (Å²) in [6, 6.07) is 8.13. The van der Waals surface area contributed by atoms with Gasteiger partial charge in [-0.15, -0.1) is 24.0 Å². The van der Waals surface area contributed by atoms with E-state index >= 15 is 0 Å². The molecule has 5 nitrogen and oxygen atoms in total. The van der Waals surface area contributed by atoms with Gasteiger partial charge in [0, 0.05) is 19.8 Å². The maximum absolute atomic E-state index is 12.5. The number of aliphatic imine (C=N–C) groups is 1. The Balaban J connectivity index is 0.00000288. The van der Waals surface area contributed by atoms with Crippen molar-refractivity contribution >= 4 is 41.5 Å². The van der Waals surface area contributed by atoms with Crippen LogP contribution in [-0.4, -0.2) is 37.4 Å². The van der Waals surface area contributed by atoms with Crippen LogP contribution < -0.4 is 11.1 Å². The molecule has 1 aromatic carbocycles. The van der Waals surface area contributed by atoms with Gasteiger partial charge in [0.05, 0.1) is 12.0 Å². The summed E-state index contributed by atoms with van der Waals surface area (Å²) in [7, 11) is 3.62. The van der Waals surface area contributed by atoms with Crippen molar-refractivity contribution in [2.45, 2.75) is 39.0 Å². The molecule has 0 aromatic heterocycles. The van der Waals surface area contributed by atoms with E-state index in [1.165, 1.54) is 5.56 Å². The summed E-state index contributed by atoms with van der Waals surface area (Å²) in [5, 5.41) is 3.13. The third-order valence-corrected chi connectivity index (χ3v) is 4.58. The Bertz CT molecular complexity index is 580. The molecule has 0 heterocycles. The van der Waals surface area contributed by atoms with Gasteiger partial charge in [-0.2, -0.15) is 0 Å². The average molecular weight is 444 g/mol. The topological polar surface area (TPSA) is 70.7 Å². The molecule has 1 saturated carbocycles. The summed E-state index contributed by atoms with van der Waals surface area (Å²) in [5.74, 6) is 0.538. The zero-order chi connectivity index (χ0) is 16.9. The fourth-order valence-electron chi connectivity index (χ4n) is 3.26. The number of nitrogens with two attached hydrogens (primary N) is 1. The van der Waals surface area contributed by atoms with Crippen LogP contribution in [0.4, 0.5) is 5.69 Å². The van der Waals surface area contributed by atoms with Crippen molar-refractivity contribution < 1.29 is 4.79 Å². The molecule has 0 saturated heterocycles. The van der Waals surface area contributed by atoms with Crippen LogP contribution in [0, 0.1) is 5.41 Å². The number of amides is 1. The van der Waals surface area contributed by atoms with Crippen LogP contribution >= 0.6 is 24.0 Å². The fourth-order valence-corrected chi connectivity index (χ4v) is 3.26. The largest absolute Gasteiger partial charge is 0.370 e. The first-order valence-electron chi connectivity index (χ1n) is 8.34. The SMILES string of the molecule is CCc1cccc(NC(N)=NCC2(C(=O)N(C)C)CCCC2)c1.I. The maximum Gasteiger partial charge on any atom is 0.230 e.